The van der Waals surface area contributed by atoms with E-state index in [2.05, 4.69) is 17.2 Å². The lowest BCUT2D eigenvalue weighted by molar-refractivity contribution is -0.144. The van der Waals surface area contributed by atoms with E-state index in [1.807, 2.05) is 6.07 Å². The zero-order chi connectivity index (χ0) is 26.8. The Hall–Kier alpha value is -3.36. The third kappa shape index (κ3) is 9.80. The van der Waals surface area contributed by atoms with Crippen molar-refractivity contribution in [1.29, 1.82) is 0 Å². The second kappa shape index (κ2) is 13.5. The summed E-state index contributed by atoms with van der Waals surface area (Å²) in [5.74, 6) is -1.63. The van der Waals surface area contributed by atoms with Crippen molar-refractivity contribution in [3.63, 3.8) is 0 Å². The summed E-state index contributed by atoms with van der Waals surface area (Å²) in [5, 5.41) is 5.34. The number of hydrogen-bond acceptors (Lipinski definition) is 6. The molecule has 0 saturated heterocycles. The van der Waals surface area contributed by atoms with Gasteiger partial charge in [-0.15, -0.1) is 0 Å². The summed E-state index contributed by atoms with van der Waals surface area (Å²) < 4.78 is 10.2. The van der Waals surface area contributed by atoms with Gasteiger partial charge in [0.25, 0.3) is 0 Å². The number of nitrogens with one attached hydrogen (secondary N) is 2. The standard InChI is InChI=1S/C26H39N3O6/c1-9-18-12-11-13-19(16-18)22(23(31)27-15-14-20(30)34-10-2)29(8)24(32)21(17(3)4)28-25(33)35-26(5,6)7/h9,11-13,16-17,21-22H,1,10,14-15H2,2-8H3,(H,27,31)(H,28,33). The molecule has 0 bridgehead atoms. The number of likely N-dealkylation sites (N-methyl/N-ethyl adjacent to an activating group) is 1. The minimum Gasteiger partial charge on any atom is -0.466 e. The fourth-order valence-electron chi connectivity index (χ4n) is 3.32. The van der Waals surface area contributed by atoms with E-state index in [0.29, 0.717) is 5.56 Å². The zero-order valence-corrected chi connectivity index (χ0v) is 21.8. The van der Waals surface area contributed by atoms with Crippen LogP contribution in [-0.2, 0) is 23.9 Å². The van der Waals surface area contributed by atoms with Gasteiger partial charge in [-0.3, -0.25) is 14.4 Å². The fraction of sp³-hybridized carbons (Fsp3) is 0.538. The molecule has 194 valence electrons. The van der Waals surface area contributed by atoms with Gasteiger partial charge < -0.3 is 25.0 Å². The van der Waals surface area contributed by atoms with E-state index in [0.717, 1.165) is 5.56 Å². The average molecular weight is 490 g/mol. The molecule has 0 heterocycles. The number of esters is 1. The van der Waals surface area contributed by atoms with Gasteiger partial charge in [-0.25, -0.2) is 4.79 Å². The molecular formula is C26H39N3O6. The smallest absolute Gasteiger partial charge is 0.408 e. The maximum atomic E-state index is 13.5. The van der Waals surface area contributed by atoms with Crippen molar-refractivity contribution >= 4 is 30.0 Å². The molecule has 1 aromatic rings. The summed E-state index contributed by atoms with van der Waals surface area (Å²) in [4.78, 5) is 52.1. The van der Waals surface area contributed by atoms with E-state index in [1.54, 1.807) is 65.8 Å². The van der Waals surface area contributed by atoms with Crippen LogP contribution in [0.25, 0.3) is 6.08 Å². The molecule has 0 aliphatic carbocycles. The lowest BCUT2D eigenvalue weighted by atomic mass is 9.98. The van der Waals surface area contributed by atoms with E-state index < -0.39 is 41.6 Å². The van der Waals surface area contributed by atoms with Gasteiger partial charge in [-0.05, 0) is 50.8 Å². The molecule has 0 fully saturated rings. The van der Waals surface area contributed by atoms with Crippen LogP contribution in [0, 0.1) is 5.92 Å². The Morgan fingerprint density at radius 1 is 1.17 bits per heavy atom. The topological polar surface area (TPSA) is 114 Å². The molecule has 35 heavy (non-hydrogen) atoms. The highest BCUT2D eigenvalue weighted by Crippen LogP contribution is 2.23. The van der Waals surface area contributed by atoms with E-state index in [-0.39, 0.29) is 25.5 Å². The summed E-state index contributed by atoms with van der Waals surface area (Å²) in [7, 11) is 1.50. The van der Waals surface area contributed by atoms with Gasteiger partial charge in [0.1, 0.15) is 17.7 Å². The van der Waals surface area contributed by atoms with Gasteiger partial charge >= 0.3 is 12.1 Å². The molecule has 0 aromatic heterocycles. The number of carbonyl (C=O) groups is 4. The fourth-order valence-corrected chi connectivity index (χ4v) is 3.32. The summed E-state index contributed by atoms with van der Waals surface area (Å²) in [6.45, 7) is 14.6. The van der Waals surface area contributed by atoms with E-state index in [9.17, 15) is 19.2 Å². The third-order valence-electron chi connectivity index (χ3n) is 4.98. The Labute approximate surface area is 208 Å². The van der Waals surface area contributed by atoms with Crippen molar-refractivity contribution in [3.05, 3.63) is 42.0 Å². The summed E-state index contributed by atoms with van der Waals surface area (Å²) in [6, 6.07) is 5.16. The molecule has 3 amide bonds. The van der Waals surface area contributed by atoms with Gasteiger partial charge in [0.05, 0.1) is 13.0 Å². The molecule has 0 saturated carbocycles. The molecule has 2 unspecified atom stereocenters. The molecule has 0 aliphatic rings. The van der Waals surface area contributed by atoms with Gasteiger partial charge in [0.2, 0.25) is 11.8 Å². The van der Waals surface area contributed by atoms with Crippen LogP contribution < -0.4 is 10.6 Å². The minimum atomic E-state index is -1.01. The summed E-state index contributed by atoms with van der Waals surface area (Å²) >= 11 is 0. The maximum absolute atomic E-state index is 13.5. The highest BCUT2D eigenvalue weighted by atomic mass is 16.6. The SMILES string of the molecule is C=Cc1cccc(C(C(=O)NCCC(=O)OCC)N(C)C(=O)C(NC(=O)OC(C)(C)C)C(C)C)c1. The second-order valence-corrected chi connectivity index (χ2v) is 9.44. The van der Waals surface area contributed by atoms with Crippen LogP contribution in [0.15, 0.2) is 30.8 Å². The lowest BCUT2D eigenvalue weighted by Gasteiger charge is -2.33. The van der Waals surface area contributed by atoms with Crippen molar-refractivity contribution in [1.82, 2.24) is 15.5 Å². The minimum absolute atomic E-state index is 0.00543. The van der Waals surface area contributed by atoms with Crippen LogP contribution in [0.5, 0.6) is 0 Å². The van der Waals surface area contributed by atoms with Crippen molar-refractivity contribution < 1.29 is 28.7 Å². The predicted molar refractivity (Wildman–Crippen MR) is 134 cm³/mol. The van der Waals surface area contributed by atoms with Crippen LogP contribution in [-0.4, -0.2) is 60.6 Å². The molecule has 0 spiro atoms. The highest BCUT2D eigenvalue weighted by Gasteiger charge is 2.35. The number of alkyl carbamates (subject to hydrolysis) is 1. The number of ether oxygens (including phenoxy) is 2. The first-order valence-corrected chi connectivity index (χ1v) is 11.7. The van der Waals surface area contributed by atoms with Crippen molar-refractivity contribution in [2.45, 2.75) is 65.6 Å². The van der Waals surface area contributed by atoms with Gasteiger partial charge in [0.15, 0.2) is 0 Å². The van der Waals surface area contributed by atoms with Crippen LogP contribution in [0.3, 0.4) is 0 Å². The first kappa shape index (κ1) is 29.7. The van der Waals surface area contributed by atoms with Crippen molar-refractivity contribution in [2.24, 2.45) is 5.92 Å². The summed E-state index contributed by atoms with van der Waals surface area (Å²) in [6.07, 6.45) is 0.926. The Balaban J connectivity index is 3.20. The van der Waals surface area contributed by atoms with Crippen LogP contribution in [0.4, 0.5) is 4.79 Å². The Morgan fingerprint density at radius 3 is 2.37 bits per heavy atom. The third-order valence-corrected chi connectivity index (χ3v) is 4.98. The maximum Gasteiger partial charge on any atom is 0.408 e. The molecule has 1 rings (SSSR count). The van der Waals surface area contributed by atoms with E-state index in [4.69, 9.17) is 9.47 Å². The van der Waals surface area contributed by atoms with Gasteiger partial charge in [-0.2, -0.15) is 0 Å². The largest absolute Gasteiger partial charge is 0.466 e. The number of hydrogen-bond donors (Lipinski definition) is 2. The number of rotatable bonds is 11. The van der Waals surface area contributed by atoms with Gasteiger partial charge in [-0.1, -0.05) is 44.7 Å². The van der Waals surface area contributed by atoms with Crippen molar-refractivity contribution in [3.8, 4) is 0 Å². The first-order valence-electron chi connectivity index (χ1n) is 11.7. The molecule has 9 heteroatoms. The number of amides is 3. The quantitative estimate of drug-likeness (QED) is 0.460. The molecule has 1 aromatic carbocycles. The number of nitrogens with zero attached hydrogens (tertiary/aromatic N) is 1. The first-order chi connectivity index (χ1) is 16.3. The van der Waals surface area contributed by atoms with Gasteiger partial charge in [0, 0.05) is 13.6 Å². The second-order valence-electron chi connectivity index (χ2n) is 9.44. The lowest BCUT2D eigenvalue weighted by Crippen LogP contribution is -2.53. The Morgan fingerprint density at radius 2 is 1.83 bits per heavy atom. The molecule has 2 N–H and O–H groups in total. The highest BCUT2D eigenvalue weighted by molar-refractivity contribution is 5.92. The normalized spacial score (nSPS) is 12.8. The monoisotopic (exact) mass is 489 g/mol. The van der Waals surface area contributed by atoms with E-state index >= 15 is 0 Å². The zero-order valence-electron chi connectivity index (χ0n) is 21.8. The number of carbonyl (C=O) groups excluding carboxylic acids is 4. The Bertz CT molecular complexity index is 907. The Kier molecular flexibility index (Phi) is 11.5. The van der Waals surface area contributed by atoms with Crippen molar-refractivity contribution in [2.75, 3.05) is 20.2 Å². The molecule has 0 radical (unpaired) electrons. The van der Waals surface area contributed by atoms with E-state index in [1.165, 1.54) is 11.9 Å². The molecule has 9 nitrogen and oxygen atoms in total. The molecule has 0 aliphatic heterocycles. The number of benzene rings is 1. The van der Waals surface area contributed by atoms with Crippen LogP contribution in [0.2, 0.25) is 0 Å². The van der Waals surface area contributed by atoms with Crippen LogP contribution >= 0.6 is 0 Å². The molecule has 2 atom stereocenters. The van der Waals surface area contributed by atoms with Crippen LogP contribution in [0.1, 0.15) is 65.1 Å². The predicted octanol–water partition coefficient (Wildman–Crippen LogP) is 3.45. The summed E-state index contributed by atoms with van der Waals surface area (Å²) in [5.41, 5.74) is 0.610. The average Bonchev–Trinajstić information content (AvgIpc) is 2.76. The molecular weight excluding hydrogens is 450 g/mol.